The minimum absolute atomic E-state index is 0.0446. The predicted molar refractivity (Wildman–Crippen MR) is 249 cm³/mol. The van der Waals surface area contributed by atoms with Crippen molar-refractivity contribution in [2.24, 2.45) is 50.2 Å². The number of ether oxygens (including phenoxy) is 9. The fourth-order valence-corrected chi connectivity index (χ4v) is 17.4. The van der Waals surface area contributed by atoms with Crippen molar-refractivity contribution in [3.05, 3.63) is 0 Å². The summed E-state index contributed by atoms with van der Waals surface area (Å²) in [5.41, 5.74) is -0.907. The first-order valence-corrected chi connectivity index (χ1v) is 26.9. The summed E-state index contributed by atoms with van der Waals surface area (Å²) in [5, 5.41) is 121. The summed E-state index contributed by atoms with van der Waals surface area (Å²) >= 11 is 0. The van der Waals surface area contributed by atoms with Gasteiger partial charge in [-0.3, -0.25) is 0 Å². The van der Waals surface area contributed by atoms with Crippen LogP contribution in [-0.4, -0.2) is 211 Å². The van der Waals surface area contributed by atoms with E-state index in [1.807, 2.05) is 0 Å². The van der Waals surface area contributed by atoms with Crippen LogP contribution in [0.3, 0.4) is 0 Å². The van der Waals surface area contributed by atoms with Crippen molar-refractivity contribution in [3.63, 3.8) is 0 Å². The van der Waals surface area contributed by atoms with E-state index in [-0.39, 0.29) is 56.7 Å². The van der Waals surface area contributed by atoms with Crippen LogP contribution in [-0.2, 0) is 42.6 Å². The molecule has 1 spiro atoms. The molecule has 5 aliphatic heterocycles. The van der Waals surface area contributed by atoms with Crippen molar-refractivity contribution in [1.29, 1.82) is 0 Å². The molecule has 10 aliphatic rings. The quantitative estimate of drug-likeness (QED) is 0.135. The van der Waals surface area contributed by atoms with Gasteiger partial charge in [0.2, 0.25) is 0 Å². The summed E-state index contributed by atoms with van der Waals surface area (Å²) in [4.78, 5) is 0. The lowest BCUT2D eigenvalue weighted by molar-refractivity contribution is -0.394. The van der Waals surface area contributed by atoms with Gasteiger partial charge in [0.15, 0.2) is 25.2 Å². The Kier molecular flexibility index (Phi) is 14.4. The van der Waals surface area contributed by atoms with Gasteiger partial charge in [-0.05, 0) is 111 Å². The van der Waals surface area contributed by atoms with Crippen molar-refractivity contribution in [2.75, 3.05) is 26.4 Å². The molecule has 0 aromatic rings. The summed E-state index contributed by atoms with van der Waals surface area (Å²) in [6, 6.07) is 0. The molecule has 10 rings (SSSR count). The second kappa shape index (κ2) is 18.9. The van der Waals surface area contributed by atoms with E-state index >= 15 is 0 Å². The van der Waals surface area contributed by atoms with Gasteiger partial charge in [-0.1, -0.05) is 48.5 Å². The van der Waals surface area contributed by atoms with E-state index in [4.69, 9.17) is 42.6 Å². The van der Waals surface area contributed by atoms with Crippen LogP contribution in [0, 0.1) is 50.2 Å². The second-order valence-corrected chi connectivity index (χ2v) is 26.2. The van der Waals surface area contributed by atoms with Crippen LogP contribution in [0.15, 0.2) is 0 Å². The number of fused-ring (bicyclic) bond motifs is 4. The number of hydrogen-bond donors (Lipinski definition) is 11. The zero-order chi connectivity index (χ0) is 52.0. The van der Waals surface area contributed by atoms with Crippen molar-refractivity contribution >= 4 is 0 Å². The standard InChI is InChI=1S/C52H86O20/c1-23-32(56)35(59)38(62)44(67-23)71-40-25(19-53)68-45(41(39(40)63)72-43-36(60)33(57)24(54)20-64-43)69-26-21-65-42(37(61)34(26)58)70-31-11-12-48(6)27(47(31,4)5)9-13-49(7)28(48)10-14-52-29-17-46(2,3)15-16-51(29,22-66-52)30(55)18-50(49,52)8/h23-45,53-63H,9-22H2,1-8H3/t23-,24-,25+,26-,27-,28+,29?,30+,31-,32-,33+,34-,35+,36-,37+,38-,39-,40+,41+,42-,43+,44-,45-,48-,49+,50-,51+,52-/m0/s1. The summed E-state index contributed by atoms with van der Waals surface area (Å²) in [5.74, 6) is 0.982. The molecule has 5 saturated heterocycles. The Morgan fingerprint density at radius 1 is 0.542 bits per heavy atom. The molecule has 0 radical (unpaired) electrons. The normalized spacial score (nSPS) is 58.1. The van der Waals surface area contributed by atoms with Gasteiger partial charge in [-0.15, -0.1) is 0 Å². The maximum absolute atomic E-state index is 12.2. The Hall–Kier alpha value is -0.800. The minimum atomic E-state index is -1.86. The maximum atomic E-state index is 12.2. The third kappa shape index (κ3) is 8.11. The largest absolute Gasteiger partial charge is 0.394 e. The van der Waals surface area contributed by atoms with Crippen LogP contribution in [0.2, 0.25) is 0 Å². The first-order valence-electron chi connectivity index (χ1n) is 26.9. The highest BCUT2D eigenvalue weighted by Gasteiger charge is 2.80. The summed E-state index contributed by atoms with van der Waals surface area (Å²) in [6.45, 7) is 17.2. The summed E-state index contributed by atoms with van der Waals surface area (Å²) in [6.07, 6.45) is -19.6. The van der Waals surface area contributed by atoms with Crippen molar-refractivity contribution in [1.82, 2.24) is 0 Å². The lowest BCUT2D eigenvalue weighted by Gasteiger charge is -2.75. The molecule has 1 unspecified atom stereocenters. The van der Waals surface area contributed by atoms with Crippen molar-refractivity contribution in [2.45, 2.75) is 248 Å². The molecule has 0 aromatic carbocycles. The Balaban J connectivity index is 0.825. The monoisotopic (exact) mass is 1030 g/mol. The highest BCUT2D eigenvalue weighted by Crippen LogP contribution is 2.80. The summed E-state index contributed by atoms with van der Waals surface area (Å²) in [7, 11) is 0. The SMILES string of the molecule is C[C@@H]1O[C@@H](O[C@H]2[C@H](O)[C@@H](O[C@H]3OC[C@H](O)[C@@H](O)[C@@H]3O)[C@H](O[C@H]3CO[C@@H](O[C@H]4CC[C@]5(C)[C@H]6CC[C@]78OC[C@@]9(CCC(C)(C)CC97)[C@H](O)C[C@@]8(C)[C@]6(C)CC[C@H]5C4(C)C)[C@H](O)[C@H]3O)O[C@@H]2CO)[C@@H](O)[C@H](O)[C@H]1O. The van der Waals surface area contributed by atoms with Crippen LogP contribution in [0.1, 0.15) is 120 Å². The molecule has 5 aliphatic carbocycles. The lowest BCUT2D eigenvalue weighted by Crippen LogP contribution is -2.74. The van der Waals surface area contributed by atoms with Gasteiger partial charge in [0.05, 0.1) is 50.3 Å². The van der Waals surface area contributed by atoms with Crippen LogP contribution < -0.4 is 0 Å². The second-order valence-electron chi connectivity index (χ2n) is 26.2. The van der Waals surface area contributed by atoms with Gasteiger partial charge in [0, 0.05) is 10.8 Å². The topological polar surface area (TPSA) is 306 Å². The number of aliphatic hydroxyl groups excluding tert-OH is 11. The van der Waals surface area contributed by atoms with Crippen LogP contribution in [0.4, 0.5) is 0 Å². The molecule has 5 saturated carbocycles. The predicted octanol–water partition coefficient (Wildman–Crippen LogP) is -0.0449. The van der Waals surface area contributed by atoms with Gasteiger partial charge in [-0.25, -0.2) is 0 Å². The van der Waals surface area contributed by atoms with E-state index in [2.05, 4.69) is 48.5 Å². The molecule has 11 N–H and O–H groups in total. The number of aliphatic hydroxyl groups is 11. The van der Waals surface area contributed by atoms with E-state index in [0.29, 0.717) is 24.9 Å². The third-order valence-corrected chi connectivity index (χ3v) is 21.8. The third-order valence-electron chi connectivity index (χ3n) is 21.8. The van der Waals surface area contributed by atoms with Gasteiger partial charge in [-0.2, -0.15) is 0 Å². The van der Waals surface area contributed by atoms with E-state index in [9.17, 15) is 56.2 Å². The van der Waals surface area contributed by atoms with Crippen LogP contribution >= 0.6 is 0 Å². The van der Waals surface area contributed by atoms with Crippen LogP contribution in [0.5, 0.6) is 0 Å². The molecule has 72 heavy (non-hydrogen) atoms. The van der Waals surface area contributed by atoms with E-state index in [1.165, 1.54) is 6.92 Å². The highest BCUT2D eigenvalue weighted by molar-refractivity contribution is 5.28. The van der Waals surface area contributed by atoms with Gasteiger partial charge < -0.3 is 98.8 Å². The van der Waals surface area contributed by atoms with Gasteiger partial charge >= 0.3 is 0 Å². The number of hydrogen-bond acceptors (Lipinski definition) is 20. The van der Waals surface area contributed by atoms with E-state index in [1.54, 1.807) is 0 Å². The van der Waals surface area contributed by atoms with Crippen molar-refractivity contribution < 1.29 is 98.8 Å². The average Bonchev–Trinajstić information content (AvgIpc) is 3.60. The molecule has 28 atom stereocenters. The van der Waals surface area contributed by atoms with Crippen LogP contribution in [0.25, 0.3) is 0 Å². The highest BCUT2D eigenvalue weighted by atomic mass is 16.8. The molecule has 20 heteroatoms. The Morgan fingerprint density at radius 3 is 1.92 bits per heavy atom. The molecule has 2 bridgehead atoms. The molecule has 0 aromatic heterocycles. The Morgan fingerprint density at radius 2 is 1.19 bits per heavy atom. The molecule has 20 nitrogen and oxygen atoms in total. The van der Waals surface area contributed by atoms with E-state index < -0.39 is 130 Å². The first kappa shape index (κ1) is 54.6. The molecule has 414 valence electrons. The molecule has 0 amide bonds. The van der Waals surface area contributed by atoms with E-state index in [0.717, 1.165) is 57.8 Å². The summed E-state index contributed by atoms with van der Waals surface area (Å²) < 4.78 is 55.3. The maximum Gasteiger partial charge on any atom is 0.187 e. The molecular weight excluding hydrogens is 945 g/mol. The fraction of sp³-hybridized carbons (Fsp3) is 1.00. The average molecular weight is 1030 g/mol. The fourth-order valence-electron chi connectivity index (χ4n) is 17.4. The Labute approximate surface area is 422 Å². The zero-order valence-electron chi connectivity index (χ0n) is 43.3. The van der Waals surface area contributed by atoms with Gasteiger partial charge in [0.25, 0.3) is 0 Å². The van der Waals surface area contributed by atoms with Crippen molar-refractivity contribution in [3.8, 4) is 0 Å². The lowest BCUT2D eigenvalue weighted by atomic mass is 9.30. The minimum Gasteiger partial charge on any atom is -0.394 e. The van der Waals surface area contributed by atoms with Gasteiger partial charge in [0.1, 0.15) is 79.4 Å². The Bertz CT molecular complexity index is 1950. The smallest absolute Gasteiger partial charge is 0.187 e. The molecule has 5 heterocycles. The number of rotatable bonds is 9. The molecular formula is C52H86O20. The first-order chi connectivity index (χ1) is 33.7. The molecule has 10 fully saturated rings. The zero-order valence-corrected chi connectivity index (χ0v) is 43.3.